The number of imide groups is 1. The van der Waals surface area contributed by atoms with Gasteiger partial charge in [-0.15, -0.1) is 0 Å². The normalized spacial score (nSPS) is 13.3. The van der Waals surface area contributed by atoms with Gasteiger partial charge >= 0.3 is 11.9 Å². The first kappa shape index (κ1) is 23.6. The molecule has 1 unspecified atom stereocenters. The molecule has 2 amide bonds. The summed E-state index contributed by atoms with van der Waals surface area (Å²) >= 11 is 0. The minimum absolute atomic E-state index is 0.0383. The van der Waals surface area contributed by atoms with E-state index in [1.807, 2.05) is 6.92 Å². The summed E-state index contributed by atoms with van der Waals surface area (Å²) < 4.78 is 9.97. The molecule has 176 valence electrons. The number of carbonyl (C=O) groups excluding carboxylic acids is 5. The molecule has 4 rings (SSSR count). The van der Waals surface area contributed by atoms with Crippen LogP contribution in [0.2, 0.25) is 0 Å². The zero-order valence-corrected chi connectivity index (χ0v) is 19.2. The summed E-state index contributed by atoms with van der Waals surface area (Å²) in [7, 11) is 1.25. The van der Waals surface area contributed by atoms with Crippen molar-refractivity contribution in [3.63, 3.8) is 0 Å². The number of anilines is 1. The van der Waals surface area contributed by atoms with Gasteiger partial charge < -0.3 is 9.47 Å². The second-order valence-corrected chi connectivity index (χ2v) is 8.02. The van der Waals surface area contributed by atoms with Gasteiger partial charge in [0.15, 0.2) is 6.10 Å². The van der Waals surface area contributed by atoms with Gasteiger partial charge in [0.25, 0.3) is 11.8 Å². The Morgan fingerprint density at radius 1 is 0.743 bits per heavy atom. The maximum absolute atomic E-state index is 13.0. The first-order valence-electron chi connectivity index (χ1n) is 10.7. The lowest BCUT2D eigenvalue weighted by Crippen LogP contribution is -2.29. The lowest BCUT2D eigenvalue weighted by Gasteiger charge is -2.14. The zero-order chi connectivity index (χ0) is 25.3. The van der Waals surface area contributed by atoms with Crippen molar-refractivity contribution in [1.82, 2.24) is 0 Å². The summed E-state index contributed by atoms with van der Waals surface area (Å²) in [5.41, 5.74) is 2.16. The average Bonchev–Trinajstić information content (AvgIpc) is 3.12. The SMILES string of the molecule is COC(=O)c1ccc(N2C(=O)c3ccc(C(=O)OC(C)C(=O)c4ccc(C)cc4)cc3C2=O)cc1. The van der Waals surface area contributed by atoms with Crippen molar-refractivity contribution in [1.29, 1.82) is 0 Å². The number of ketones is 1. The number of ether oxygens (including phenoxy) is 2. The third kappa shape index (κ3) is 4.46. The van der Waals surface area contributed by atoms with Crippen LogP contribution in [0.15, 0.2) is 66.7 Å². The first-order valence-corrected chi connectivity index (χ1v) is 10.7. The largest absolute Gasteiger partial charge is 0.465 e. The fourth-order valence-corrected chi connectivity index (χ4v) is 3.70. The van der Waals surface area contributed by atoms with E-state index >= 15 is 0 Å². The van der Waals surface area contributed by atoms with E-state index in [0.29, 0.717) is 5.56 Å². The van der Waals surface area contributed by atoms with Crippen LogP contribution < -0.4 is 4.90 Å². The van der Waals surface area contributed by atoms with Crippen molar-refractivity contribution < 1.29 is 33.4 Å². The number of hydrogen-bond acceptors (Lipinski definition) is 7. The molecule has 1 heterocycles. The fraction of sp³-hybridized carbons (Fsp3) is 0.148. The van der Waals surface area contributed by atoms with E-state index in [4.69, 9.17) is 4.74 Å². The topological polar surface area (TPSA) is 107 Å². The van der Waals surface area contributed by atoms with Crippen LogP contribution in [0.25, 0.3) is 0 Å². The third-order valence-corrected chi connectivity index (χ3v) is 5.66. The molecule has 35 heavy (non-hydrogen) atoms. The average molecular weight is 471 g/mol. The number of esters is 2. The molecule has 0 bridgehead atoms. The van der Waals surface area contributed by atoms with Crippen LogP contribution >= 0.6 is 0 Å². The molecule has 0 N–H and O–H groups in total. The van der Waals surface area contributed by atoms with E-state index in [-0.39, 0.29) is 33.7 Å². The molecule has 1 aliphatic heterocycles. The highest BCUT2D eigenvalue weighted by molar-refractivity contribution is 6.34. The Hall–Kier alpha value is -4.59. The Morgan fingerprint density at radius 3 is 1.94 bits per heavy atom. The van der Waals surface area contributed by atoms with Gasteiger partial charge in [-0.1, -0.05) is 29.8 Å². The third-order valence-electron chi connectivity index (χ3n) is 5.66. The predicted molar refractivity (Wildman–Crippen MR) is 126 cm³/mol. The summed E-state index contributed by atoms with van der Waals surface area (Å²) in [6.07, 6.45) is -1.04. The second kappa shape index (κ2) is 9.34. The van der Waals surface area contributed by atoms with Gasteiger partial charge in [-0.05, 0) is 56.3 Å². The first-order chi connectivity index (χ1) is 16.7. The highest BCUT2D eigenvalue weighted by Gasteiger charge is 2.37. The van der Waals surface area contributed by atoms with Crippen LogP contribution in [-0.4, -0.2) is 42.7 Å². The maximum Gasteiger partial charge on any atom is 0.338 e. The van der Waals surface area contributed by atoms with E-state index in [1.54, 1.807) is 24.3 Å². The number of amides is 2. The van der Waals surface area contributed by atoms with E-state index in [0.717, 1.165) is 10.5 Å². The summed E-state index contributed by atoms with van der Waals surface area (Å²) in [4.78, 5) is 63.7. The van der Waals surface area contributed by atoms with Crippen molar-refractivity contribution in [2.24, 2.45) is 0 Å². The number of methoxy groups -OCH3 is 1. The van der Waals surface area contributed by atoms with Crippen molar-refractivity contribution in [2.75, 3.05) is 12.0 Å². The molecule has 0 aliphatic carbocycles. The van der Waals surface area contributed by atoms with E-state index in [9.17, 15) is 24.0 Å². The summed E-state index contributed by atoms with van der Waals surface area (Å²) in [5.74, 6) is -2.86. The Morgan fingerprint density at radius 2 is 1.31 bits per heavy atom. The molecule has 1 aliphatic rings. The molecule has 0 fully saturated rings. The molecule has 3 aromatic rings. The smallest absolute Gasteiger partial charge is 0.338 e. The van der Waals surface area contributed by atoms with E-state index in [2.05, 4.69) is 4.74 Å². The molecule has 0 saturated heterocycles. The number of nitrogens with zero attached hydrogens (tertiary/aromatic N) is 1. The van der Waals surface area contributed by atoms with E-state index < -0.39 is 29.9 Å². The Bertz CT molecular complexity index is 1360. The molecule has 8 nitrogen and oxygen atoms in total. The number of rotatable bonds is 6. The van der Waals surface area contributed by atoms with Crippen molar-refractivity contribution in [2.45, 2.75) is 20.0 Å². The quantitative estimate of drug-likeness (QED) is 0.304. The Balaban J connectivity index is 1.52. The van der Waals surface area contributed by atoms with Gasteiger partial charge in [0.1, 0.15) is 0 Å². The lowest BCUT2D eigenvalue weighted by atomic mass is 10.0. The van der Waals surface area contributed by atoms with Gasteiger partial charge in [-0.25, -0.2) is 14.5 Å². The van der Waals surface area contributed by atoms with Crippen LogP contribution in [0.3, 0.4) is 0 Å². The van der Waals surface area contributed by atoms with Gasteiger partial charge in [0, 0.05) is 5.56 Å². The molecule has 0 spiro atoms. The monoisotopic (exact) mass is 471 g/mol. The minimum Gasteiger partial charge on any atom is -0.465 e. The summed E-state index contributed by atoms with van der Waals surface area (Å²) in [6.45, 7) is 3.37. The molecular weight excluding hydrogens is 450 g/mol. The highest BCUT2D eigenvalue weighted by atomic mass is 16.5. The van der Waals surface area contributed by atoms with Crippen molar-refractivity contribution >= 4 is 35.2 Å². The zero-order valence-electron chi connectivity index (χ0n) is 19.2. The summed E-state index contributed by atoms with van der Waals surface area (Å²) in [6, 6.07) is 16.7. The van der Waals surface area contributed by atoms with Gasteiger partial charge in [0.2, 0.25) is 5.78 Å². The van der Waals surface area contributed by atoms with Gasteiger partial charge in [0.05, 0.1) is 35.1 Å². The molecule has 1 atom stereocenters. The number of Topliss-reactive ketones (excluding diaryl/α,β-unsaturated/α-hetero) is 1. The molecule has 3 aromatic carbocycles. The number of fused-ring (bicyclic) bond motifs is 1. The molecular formula is C27H21NO7. The second-order valence-electron chi connectivity index (χ2n) is 8.02. The Labute approximate surface area is 201 Å². The number of benzene rings is 3. The van der Waals surface area contributed by atoms with Crippen LogP contribution in [0.5, 0.6) is 0 Å². The predicted octanol–water partition coefficient (Wildman–Crippen LogP) is 4.01. The van der Waals surface area contributed by atoms with E-state index in [1.165, 1.54) is 56.5 Å². The number of aryl methyl sites for hydroxylation is 1. The van der Waals surface area contributed by atoms with Crippen LogP contribution in [-0.2, 0) is 9.47 Å². The van der Waals surface area contributed by atoms with Gasteiger partial charge in [-0.3, -0.25) is 14.4 Å². The molecule has 0 radical (unpaired) electrons. The number of carbonyl (C=O) groups is 5. The maximum atomic E-state index is 13.0. The summed E-state index contributed by atoms with van der Waals surface area (Å²) in [5, 5.41) is 0. The van der Waals surface area contributed by atoms with Crippen LogP contribution in [0.4, 0.5) is 5.69 Å². The fourth-order valence-electron chi connectivity index (χ4n) is 3.70. The standard InChI is InChI=1S/C27H21NO7/c1-15-4-6-17(7-5-15)23(29)16(2)35-27(33)19-10-13-21-22(14-19)25(31)28(24(21)30)20-11-8-18(9-12-20)26(32)34-3/h4-14,16H,1-3H3. The van der Waals surface area contributed by atoms with Crippen LogP contribution in [0, 0.1) is 6.92 Å². The molecule has 8 heteroatoms. The van der Waals surface area contributed by atoms with Crippen molar-refractivity contribution in [3.8, 4) is 0 Å². The lowest BCUT2D eigenvalue weighted by molar-refractivity contribution is 0.0318. The van der Waals surface area contributed by atoms with Crippen LogP contribution in [0.1, 0.15) is 64.3 Å². The minimum atomic E-state index is -1.04. The number of hydrogen-bond donors (Lipinski definition) is 0. The molecule has 0 aromatic heterocycles. The highest BCUT2D eigenvalue weighted by Crippen LogP contribution is 2.29. The van der Waals surface area contributed by atoms with Gasteiger partial charge in [-0.2, -0.15) is 0 Å². The molecule has 0 saturated carbocycles. The Kier molecular flexibility index (Phi) is 6.29. The van der Waals surface area contributed by atoms with Crippen molar-refractivity contribution in [3.05, 3.63) is 100 Å².